The Balaban J connectivity index is 3.07. The van der Waals surface area contributed by atoms with Gasteiger partial charge < -0.3 is 20.5 Å². The quantitative estimate of drug-likeness (QED) is 0.0993. The van der Waals surface area contributed by atoms with Gasteiger partial charge >= 0.3 is 11.9 Å². The first-order valence-electron chi connectivity index (χ1n) is 8.87. The molecule has 0 aromatic rings. The van der Waals surface area contributed by atoms with E-state index in [1.54, 1.807) is 0 Å². The maximum absolute atomic E-state index is 12.9. The van der Waals surface area contributed by atoms with E-state index in [9.17, 15) is 24.3 Å². The third kappa shape index (κ3) is 5.57. The number of aliphatic carboxylic acids is 1. The van der Waals surface area contributed by atoms with Crippen molar-refractivity contribution in [2.45, 2.75) is 56.4 Å². The van der Waals surface area contributed by atoms with Crippen molar-refractivity contribution in [2.75, 3.05) is 17.6 Å². The molecule has 27 heavy (non-hydrogen) atoms. The number of halogens is 1. The summed E-state index contributed by atoms with van der Waals surface area (Å²) in [5.41, 5.74) is 5.68. The number of ether oxygens (including phenoxy) is 1. The molecule has 0 saturated carbocycles. The minimum absolute atomic E-state index is 0.110. The summed E-state index contributed by atoms with van der Waals surface area (Å²) in [7, 11) is 0. The van der Waals surface area contributed by atoms with Crippen LogP contribution in [0.5, 0.6) is 0 Å². The standard InChI is InChI=1S/C17H27IN2O6S/c1-10(14(22)20-8-5-6-12(20)15(23)24)17(27,13(21)11(2)19)16(25)26-9-4-3-7-18/h10-12,27H,3-9,19H2,1-2H3,(H,23,24)/t10-,11-,12-,17?/m0/s1. The summed E-state index contributed by atoms with van der Waals surface area (Å²) in [6.45, 7) is 3.16. The lowest BCUT2D eigenvalue weighted by Gasteiger charge is -2.34. The Bertz CT molecular complexity index is 588. The zero-order valence-corrected chi connectivity index (χ0v) is 18.6. The number of carboxylic acids is 1. The Morgan fingerprint density at radius 3 is 2.48 bits per heavy atom. The number of nitrogens with zero attached hydrogens (tertiary/aromatic N) is 1. The highest BCUT2D eigenvalue weighted by Crippen LogP contribution is 2.33. The first kappa shape index (κ1) is 24.2. The third-order valence-corrected chi connectivity index (χ3v) is 6.23. The maximum Gasteiger partial charge on any atom is 0.330 e. The third-order valence-electron chi connectivity index (χ3n) is 4.68. The topological polar surface area (TPSA) is 127 Å². The van der Waals surface area contributed by atoms with Gasteiger partial charge in [-0.2, -0.15) is 12.6 Å². The molecule has 1 heterocycles. The highest BCUT2D eigenvalue weighted by Gasteiger charge is 2.54. The van der Waals surface area contributed by atoms with Gasteiger partial charge in [-0.25, -0.2) is 4.79 Å². The molecule has 10 heteroatoms. The van der Waals surface area contributed by atoms with Gasteiger partial charge in [0.2, 0.25) is 5.91 Å². The molecular formula is C17H27IN2O6S. The van der Waals surface area contributed by atoms with Crippen LogP contribution in [0.25, 0.3) is 0 Å². The first-order chi connectivity index (χ1) is 12.6. The van der Waals surface area contributed by atoms with E-state index in [4.69, 9.17) is 10.5 Å². The Morgan fingerprint density at radius 2 is 1.96 bits per heavy atom. The summed E-state index contributed by atoms with van der Waals surface area (Å²) < 4.78 is 4.04. The van der Waals surface area contributed by atoms with Crippen LogP contribution in [0.1, 0.15) is 39.5 Å². The molecule has 154 valence electrons. The SMILES string of the molecule is C[C@H](N)C(=O)C(S)(C(=O)OCCCCI)[C@@H](C)C(=O)N1CCC[C@H]1C(=O)O. The Morgan fingerprint density at radius 1 is 1.33 bits per heavy atom. The number of nitrogens with two attached hydrogens (primary N) is 1. The number of carboxylic acid groups (broad SMARTS) is 1. The average molecular weight is 514 g/mol. The van der Waals surface area contributed by atoms with E-state index in [0.29, 0.717) is 19.3 Å². The second-order valence-electron chi connectivity index (χ2n) is 6.70. The molecule has 0 radical (unpaired) electrons. The van der Waals surface area contributed by atoms with Crippen LogP contribution in [0.3, 0.4) is 0 Å². The molecule has 0 aromatic heterocycles. The number of amides is 1. The van der Waals surface area contributed by atoms with Crippen LogP contribution in [0, 0.1) is 5.92 Å². The molecule has 0 aliphatic carbocycles. The molecule has 1 saturated heterocycles. The van der Waals surface area contributed by atoms with Crippen LogP contribution in [-0.2, 0) is 23.9 Å². The predicted molar refractivity (Wildman–Crippen MR) is 111 cm³/mol. The van der Waals surface area contributed by atoms with Crippen molar-refractivity contribution in [1.82, 2.24) is 4.90 Å². The van der Waals surface area contributed by atoms with E-state index in [-0.39, 0.29) is 13.2 Å². The van der Waals surface area contributed by atoms with Crippen molar-refractivity contribution >= 4 is 58.8 Å². The Hall–Kier alpha value is -0.880. The summed E-state index contributed by atoms with van der Waals surface area (Å²) >= 11 is 6.48. The van der Waals surface area contributed by atoms with E-state index < -0.39 is 46.4 Å². The Kier molecular flexibility index (Phi) is 9.49. The van der Waals surface area contributed by atoms with Gasteiger partial charge in [-0.3, -0.25) is 14.4 Å². The van der Waals surface area contributed by atoms with Crippen molar-refractivity contribution in [3.05, 3.63) is 0 Å². The number of carbonyl (C=O) groups excluding carboxylic acids is 3. The number of ketones is 1. The zero-order chi connectivity index (χ0) is 20.8. The molecule has 1 aliphatic heterocycles. The summed E-state index contributed by atoms with van der Waals surface area (Å²) in [5, 5.41) is 9.30. The molecule has 1 aliphatic rings. The zero-order valence-electron chi connectivity index (χ0n) is 15.5. The number of unbranched alkanes of at least 4 members (excludes halogenated alkanes) is 1. The van der Waals surface area contributed by atoms with Crippen molar-refractivity contribution in [1.29, 1.82) is 0 Å². The van der Waals surface area contributed by atoms with Gasteiger partial charge in [0, 0.05) is 6.54 Å². The molecule has 1 fully saturated rings. The number of thiol groups is 1. The van der Waals surface area contributed by atoms with Crippen LogP contribution < -0.4 is 5.73 Å². The minimum atomic E-state index is -2.07. The molecule has 0 spiro atoms. The van der Waals surface area contributed by atoms with Crippen molar-refractivity contribution in [2.24, 2.45) is 11.7 Å². The number of likely N-dealkylation sites (tertiary alicyclic amines) is 1. The van der Waals surface area contributed by atoms with Crippen molar-refractivity contribution in [3.8, 4) is 0 Å². The van der Waals surface area contributed by atoms with Crippen LogP contribution >= 0.6 is 35.2 Å². The Labute approximate surface area is 178 Å². The summed E-state index contributed by atoms with van der Waals surface area (Å²) in [4.78, 5) is 50.9. The van der Waals surface area contributed by atoms with Crippen LogP contribution in [0.15, 0.2) is 0 Å². The van der Waals surface area contributed by atoms with E-state index in [2.05, 4.69) is 35.2 Å². The smallest absolute Gasteiger partial charge is 0.330 e. The summed E-state index contributed by atoms with van der Waals surface area (Å²) in [5.74, 6) is -4.59. The molecule has 3 N–H and O–H groups in total. The molecule has 1 unspecified atom stereocenters. The lowest BCUT2D eigenvalue weighted by atomic mass is 9.84. The van der Waals surface area contributed by atoms with Crippen LogP contribution in [0.4, 0.5) is 0 Å². The second-order valence-corrected chi connectivity index (χ2v) is 8.49. The molecule has 8 nitrogen and oxygen atoms in total. The highest BCUT2D eigenvalue weighted by atomic mass is 127. The molecule has 4 atom stereocenters. The van der Waals surface area contributed by atoms with Crippen LogP contribution in [0.2, 0.25) is 0 Å². The minimum Gasteiger partial charge on any atom is -0.480 e. The van der Waals surface area contributed by atoms with Gasteiger partial charge in [0.15, 0.2) is 10.5 Å². The monoisotopic (exact) mass is 514 g/mol. The predicted octanol–water partition coefficient (Wildman–Crippen LogP) is 1.04. The number of Topliss-reactive ketones (excluding diaryl/α,β-unsaturated/α-hetero) is 1. The number of rotatable bonds is 10. The van der Waals surface area contributed by atoms with Gasteiger partial charge in [-0.15, -0.1) is 0 Å². The van der Waals surface area contributed by atoms with Crippen molar-refractivity contribution in [3.63, 3.8) is 0 Å². The van der Waals surface area contributed by atoms with Crippen molar-refractivity contribution < 1.29 is 29.0 Å². The van der Waals surface area contributed by atoms with Gasteiger partial charge in [-0.05, 0) is 37.0 Å². The fourth-order valence-corrected chi connectivity index (χ4v) is 3.94. The molecular weight excluding hydrogens is 487 g/mol. The number of esters is 1. The lowest BCUT2D eigenvalue weighted by molar-refractivity contribution is -0.157. The van der Waals surface area contributed by atoms with E-state index >= 15 is 0 Å². The fraction of sp³-hybridized carbons (Fsp3) is 0.765. The maximum atomic E-state index is 12.9. The van der Waals surface area contributed by atoms with E-state index in [0.717, 1.165) is 10.8 Å². The number of carbonyl (C=O) groups is 4. The summed E-state index contributed by atoms with van der Waals surface area (Å²) in [6, 6.07) is -2.00. The average Bonchev–Trinajstić information content (AvgIpc) is 3.12. The number of alkyl halides is 1. The van der Waals surface area contributed by atoms with Gasteiger partial charge in [0.25, 0.3) is 0 Å². The van der Waals surface area contributed by atoms with Crippen LogP contribution in [-0.4, -0.2) is 68.0 Å². The van der Waals surface area contributed by atoms with Gasteiger partial charge in [0.1, 0.15) is 6.04 Å². The summed E-state index contributed by atoms with van der Waals surface area (Å²) in [6.07, 6.45) is 2.34. The highest BCUT2D eigenvalue weighted by molar-refractivity contribution is 14.1. The second kappa shape index (κ2) is 10.6. The molecule has 1 amide bonds. The molecule has 0 bridgehead atoms. The van der Waals surface area contributed by atoms with E-state index in [1.807, 2.05) is 0 Å². The molecule has 1 rings (SSSR count). The number of hydrogen-bond donors (Lipinski definition) is 3. The largest absolute Gasteiger partial charge is 0.480 e. The van der Waals surface area contributed by atoms with E-state index in [1.165, 1.54) is 18.7 Å². The van der Waals surface area contributed by atoms with Gasteiger partial charge in [-0.1, -0.05) is 29.5 Å². The number of hydrogen-bond acceptors (Lipinski definition) is 7. The normalized spacial score (nSPS) is 21.2. The fourth-order valence-electron chi connectivity index (χ4n) is 3.02. The molecule has 0 aromatic carbocycles. The first-order valence-corrected chi connectivity index (χ1v) is 10.8. The van der Waals surface area contributed by atoms with Gasteiger partial charge in [0.05, 0.1) is 18.6 Å². The lowest BCUT2D eigenvalue weighted by Crippen LogP contribution is -2.58.